The van der Waals surface area contributed by atoms with Gasteiger partial charge in [0.15, 0.2) is 0 Å². The molecule has 0 amide bonds. The van der Waals surface area contributed by atoms with E-state index in [4.69, 9.17) is 4.74 Å². The lowest BCUT2D eigenvalue weighted by Crippen LogP contribution is -2.17. The Labute approximate surface area is 192 Å². The van der Waals surface area contributed by atoms with Crippen molar-refractivity contribution < 1.29 is 4.74 Å². The van der Waals surface area contributed by atoms with Crippen LogP contribution in [0.3, 0.4) is 0 Å². The molecular weight excluding hydrogens is 544 g/mol. The Morgan fingerprint density at radius 1 is 0.786 bits per heavy atom. The Kier molecular flexibility index (Phi) is 7.41. The van der Waals surface area contributed by atoms with E-state index in [1.165, 1.54) is 11.1 Å². The van der Waals surface area contributed by atoms with Gasteiger partial charge in [-0.2, -0.15) is 0 Å². The van der Waals surface area contributed by atoms with Crippen molar-refractivity contribution in [2.75, 3.05) is 0 Å². The highest BCUT2D eigenvalue weighted by Crippen LogP contribution is 2.34. The highest BCUT2D eigenvalue weighted by atomic mass is 79.9. The van der Waals surface area contributed by atoms with E-state index in [1.54, 1.807) is 0 Å². The van der Waals surface area contributed by atoms with Crippen molar-refractivity contribution in [1.82, 2.24) is 0 Å². The molecule has 0 aliphatic rings. The number of aryl methyl sites for hydroxylation is 1. The molecule has 0 fully saturated rings. The molecule has 1 nitrogen and oxygen atoms in total. The molecule has 3 aromatic rings. The lowest BCUT2D eigenvalue weighted by molar-refractivity contribution is 0.459. The third-order valence-electron chi connectivity index (χ3n) is 4.93. The second-order valence-corrected chi connectivity index (χ2v) is 10.1. The molecular formula is C24H23Br3O. The number of hydrogen-bond donors (Lipinski definition) is 0. The molecule has 0 heterocycles. The molecule has 3 aromatic carbocycles. The van der Waals surface area contributed by atoms with Gasteiger partial charge in [-0.05, 0) is 120 Å². The van der Waals surface area contributed by atoms with Gasteiger partial charge >= 0.3 is 0 Å². The summed E-state index contributed by atoms with van der Waals surface area (Å²) in [6.07, 6.45) is 3.28. The topological polar surface area (TPSA) is 9.23 Å². The highest BCUT2D eigenvalue weighted by molar-refractivity contribution is 9.13. The van der Waals surface area contributed by atoms with Crippen LogP contribution in [0.15, 0.2) is 80.1 Å². The van der Waals surface area contributed by atoms with E-state index in [2.05, 4.69) is 98.0 Å². The van der Waals surface area contributed by atoms with Crippen LogP contribution < -0.4 is 4.74 Å². The number of rotatable bonds is 7. The first-order valence-electron chi connectivity index (χ1n) is 9.32. The average Bonchev–Trinajstić information content (AvgIpc) is 2.66. The Morgan fingerprint density at radius 2 is 1.57 bits per heavy atom. The van der Waals surface area contributed by atoms with Gasteiger partial charge in [-0.3, -0.25) is 0 Å². The van der Waals surface area contributed by atoms with E-state index in [1.807, 2.05) is 30.3 Å². The molecule has 0 unspecified atom stereocenters. The maximum Gasteiger partial charge on any atom is 0.141 e. The zero-order chi connectivity index (χ0) is 20.1. The second kappa shape index (κ2) is 9.60. The molecule has 0 spiro atoms. The van der Waals surface area contributed by atoms with Gasteiger partial charge in [-0.15, -0.1) is 0 Å². The predicted octanol–water partition coefficient (Wildman–Crippen LogP) is 9.07. The summed E-state index contributed by atoms with van der Waals surface area (Å²) in [7, 11) is 0. The molecule has 0 aliphatic carbocycles. The first kappa shape index (κ1) is 21.6. The van der Waals surface area contributed by atoms with Crippen LogP contribution in [-0.4, -0.2) is 0 Å². The summed E-state index contributed by atoms with van der Waals surface area (Å²) in [6.45, 7) is 4.63. The van der Waals surface area contributed by atoms with Crippen LogP contribution in [0, 0.1) is 0 Å². The minimum absolute atomic E-state index is 0.131. The van der Waals surface area contributed by atoms with Crippen LogP contribution in [0.1, 0.15) is 37.8 Å². The molecule has 0 bridgehead atoms. The van der Waals surface area contributed by atoms with Gasteiger partial charge in [0.2, 0.25) is 0 Å². The zero-order valence-corrected chi connectivity index (χ0v) is 20.8. The molecule has 4 heteroatoms. The molecule has 0 saturated carbocycles. The van der Waals surface area contributed by atoms with E-state index >= 15 is 0 Å². The molecule has 0 aliphatic heterocycles. The lowest BCUT2D eigenvalue weighted by Gasteiger charge is -2.26. The Bertz CT molecular complexity index is 950. The zero-order valence-electron chi connectivity index (χ0n) is 16.0. The number of hydrogen-bond acceptors (Lipinski definition) is 1. The van der Waals surface area contributed by atoms with Crippen LogP contribution >= 0.6 is 47.8 Å². The Balaban J connectivity index is 1.61. The second-order valence-electron chi connectivity index (χ2n) is 7.55. The molecule has 0 saturated heterocycles. The third kappa shape index (κ3) is 5.71. The highest BCUT2D eigenvalue weighted by Gasteiger charge is 2.20. The van der Waals surface area contributed by atoms with Gasteiger partial charge in [0.25, 0.3) is 0 Å². The summed E-state index contributed by atoms with van der Waals surface area (Å²) in [5.74, 6) is 1.71. The maximum atomic E-state index is 6.03. The summed E-state index contributed by atoms with van der Waals surface area (Å²) >= 11 is 10.7. The van der Waals surface area contributed by atoms with Crippen molar-refractivity contribution in [3.63, 3.8) is 0 Å². The Morgan fingerprint density at radius 3 is 2.32 bits per heavy atom. The molecule has 28 heavy (non-hydrogen) atoms. The normalized spacial score (nSPS) is 11.5. The molecule has 146 valence electrons. The van der Waals surface area contributed by atoms with Gasteiger partial charge in [0.1, 0.15) is 11.5 Å². The number of halogens is 3. The number of para-hydroxylation sites is 1. The fraction of sp³-hybridized carbons (Fsp3) is 0.250. The molecule has 3 rings (SSSR count). The van der Waals surface area contributed by atoms with Crippen molar-refractivity contribution >= 4 is 47.8 Å². The predicted molar refractivity (Wildman–Crippen MR) is 128 cm³/mol. The minimum atomic E-state index is 0.131. The summed E-state index contributed by atoms with van der Waals surface area (Å²) in [4.78, 5) is 0. The molecule has 0 atom stereocenters. The number of ether oxygens (including phenoxy) is 1. The smallest absolute Gasteiger partial charge is 0.141 e. The quantitative estimate of drug-likeness (QED) is 0.277. The summed E-state index contributed by atoms with van der Waals surface area (Å²) in [5, 5.41) is 0. The van der Waals surface area contributed by atoms with Crippen LogP contribution in [0.25, 0.3) is 0 Å². The van der Waals surface area contributed by atoms with Crippen molar-refractivity contribution in [2.24, 2.45) is 0 Å². The van der Waals surface area contributed by atoms with Gasteiger partial charge in [0.05, 0.1) is 4.47 Å². The fourth-order valence-corrected chi connectivity index (χ4v) is 4.21. The third-order valence-corrected chi connectivity index (χ3v) is 7.47. The van der Waals surface area contributed by atoms with Crippen LogP contribution in [0.4, 0.5) is 0 Å². The van der Waals surface area contributed by atoms with Crippen LogP contribution in [0.5, 0.6) is 11.5 Å². The van der Waals surface area contributed by atoms with E-state index in [0.717, 1.165) is 44.2 Å². The van der Waals surface area contributed by atoms with Crippen molar-refractivity contribution in [1.29, 1.82) is 0 Å². The fourth-order valence-electron chi connectivity index (χ4n) is 3.21. The molecule has 0 aromatic heterocycles. The van der Waals surface area contributed by atoms with E-state index in [-0.39, 0.29) is 5.41 Å². The standard InChI is InChI=1S/C24H23Br3O/c1-24(2,18-12-13-20(25)22(27)16-18)14-6-8-17-7-5-9-19(15-17)28-23-11-4-3-10-21(23)26/h3-5,7,9-13,15-16H,6,8,14H2,1-2H3. The first-order valence-corrected chi connectivity index (χ1v) is 11.7. The van der Waals surface area contributed by atoms with Crippen LogP contribution in [-0.2, 0) is 11.8 Å². The average molecular weight is 567 g/mol. The summed E-state index contributed by atoms with van der Waals surface area (Å²) < 4.78 is 9.19. The summed E-state index contributed by atoms with van der Waals surface area (Å²) in [6, 6.07) is 22.9. The van der Waals surface area contributed by atoms with E-state index < -0.39 is 0 Å². The van der Waals surface area contributed by atoms with Crippen molar-refractivity contribution in [3.05, 3.63) is 91.3 Å². The maximum absolute atomic E-state index is 6.03. The first-order chi connectivity index (χ1) is 13.3. The summed E-state index contributed by atoms with van der Waals surface area (Å²) in [5.41, 5.74) is 2.79. The van der Waals surface area contributed by atoms with E-state index in [0.29, 0.717) is 0 Å². The minimum Gasteiger partial charge on any atom is -0.456 e. The van der Waals surface area contributed by atoms with Gasteiger partial charge in [-0.25, -0.2) is 0 Å². The SMILES string of the molecule is CC(C)(CCCc1cccc(Oc2ccccc2Br)c1)c1ccc(Br)c(Br)c1. The Hall–Kier alpha value is -1.10. The van der Waals surface area contributed by atoms with E-state index in [9.17, 15) is 0 Å². The monoisotopic (exact) mass is 564 g/mol. The van der Waals surface area contributed by atoms with Crippen molar-refractivity contribution in [2.45, 2.75) is 38.5 Å². The van der Waals surface area contributed by atoms with Crippen LogP contribution in [0.2, 0.25) is 0 Å². The largest absolute Gasteiger partial charge is 0.456 e. The van der Waals surface area contributed by atoms with Crippen molar-refractivity contribution in [3.8, 4) is 11.5 Å². The van der Waals surface area contributed by atoms with Gasteiger partial charge in [-0.1, -0.05) is 44.2 Å². The molecule has 0 radical (unpaired) electrons. The van der Waals surface area contributed by atoms with Gasteiger partial charge < -0.3 is 4.74 Å². The lowest BCUT2D eigenvalue weighted by atomic mass is 9.80. The number of benzene rings is 3. The van der Waals surface area contributed by atoms with Gasteiger partial charge in [0, 0.05) is 8.95 Å². The molecule has 0 N–H and O–H groups in total.